The van der Waals surface area contributed by atoms with E-state index in [0.29, 0.717) is 18.7 Å². The molecule has 0 aromatic heterocycles. The molecule has 4 rings (SSSR count). The maximum atomic E-state index is 13.3. The van der Waals surface area contributed by atoms with E-state index in [4.69, 9.17) is 0 Å². The Morgan fingerprint density at radius 2 is 1.79 bits per heavy atom. The summed E-state index contributed by atoms with van der Waals surface area (Å²) < 4.78 is 24.0. The quantitative estimate of drug-likeness (QED) is 0.701. The summed E-state index contributed by atoms with van der Waals surface area (Å²) in [5, 5.41) is 10.1. The van der Waals surface area contributed by atoms with E-state index in [1.54, 1.807) is 6.07 Å². The number of anilines is 1. The minimum Gasteiger partial charge on any atom is -0.506 e. The summed E-state index contributed by atoms with van der Waals surface area (Å²) in [6, 6.07) is 7.44. The lowest BCUT2D eigenvalue weighted by Gasteiger charge is -2.37. The lowest BCUT2D eigenvalue weighted by atomic mass is 10.1. The molecule has 7 nitrogen and oxygen atoms in total. The molecule has 1 aromatic carbocycles. The second-order valence-corrected chi connectivity index (χ2v) is 10.9. The highest BCUT2D eigenvalue weighted by molar-refractivity contribution is 7.91. The van der Waals surface area contributed by atoms with E-state index < -0.39 is 9.84 Å². The summed E-state index contributed by atoms with van der Waals surface area (Å²) >= 11 is 0. The number of phenolic OH excluding ortho intramolecular Hbond substituents is 1. The molecule has 1 aromatic rings. The Hall–Kier alpha value is -1.80. The highest BCUT2D eigenvalue weighted by atomic mass is 32.2. The second kappa shape index (κ2) is 8.52. The average molecular weight is 423 g/mol. The maximum Gasteiger partial charge on any atom is 0.278 e. The standard InChI is InChI=1S/C21H31N3O4S/c25-20-8-4-3-7-19(20)23-12-10-22(11-13-23)15-21(26)24(17-5-1-2-6-17)18-9-14-29(27,28)16-18/h3-4,7-8,17-18,25H,1-2,5-6,9-16H2/p+1/t18-/m1/s1. The van der Waals surface area contributed by atoms with Gasteiger partial charge >= 0.3 is 0 Å². The molecule has 1 amide bonds. The second-order valence-electron chi connectivity index (χ2n) is 8.70. The van der Waals surface area contributed by atoms with Crippen molar-refractivity contribution < 1.29 is 23.2 Å². The number of carbonyl (C=O) groups excluding carboxylic acids is 1. The number of para-hydroxylation sites is 2. The van der Waals surface area contributed by atoms with Gasteiger partial charge in [-0.3, -0.25) is 4.79 Å². The van der Waals surface area contributed by atoms with Gasteiger partial charge in [0.1, 0.15) is 5.75 Å². The molecule has 2 aliphatic heterocycles. The zero-order valence-corrected chi connectivity index (χ0v) is 17.7. The molecule has 2 saturated heterocycles. The fourth-order valence-corrected chi connectivity index (χ4v) is 6.87. The van der Waals surface area contributed by atoms with Gasteiger partial charge in [-0.15, -0.1) is 0 Å². The Morgan fingerprint density at radius 3 is 2.41 bits per heavy atom. The van der Waals surface area contributed by atoms with Crippen molar-refractivity contribution in [2.75, 3.05) is 49.1 Å². The number of phenols is 1. The van der Waals surface area contributed by atoms with Crippen LogP contribution in [0, 0.1) is 0 Å². The van der Waals surface area contributed by atoms with Crippen LogP contribution in [0.15, 0.2) is 24.3 Å². The lowest BCUT2D eigenvalue weighted by Crippen LogP contribution is -3.16. The SMILES string of the molecule is O=C(C[NH+]1CCN(c2ccccc2O)CC1)N(C1CCCC1)[C@@H]1CCS(=O)(=O)C1. The topological polar surface area (TPSA) is 82.4 Å². The van der Waals surface area contributed by atoms with Gasteiger partial charge in [0.05, 0.1) is 43.4 Å². The van der Waals surface area contributed by atoms with Crippen LogP contribution in [0.5, 0.6) is 5.75 Å². The third kappa shape index (κ3) is 4.69. The van der Waals surface area contributed by atoms with E-state index in [9.17, 15) is 18.3 Å². The Labute approximate surface area is 173 Å². The molecule has 0 bridgehead atoms. The van der Waals surface area contributed by atoms with Crippen molar-refractivity contribution >= 4 is 21.4 Å². The van der Waals surface area contributed by atoms with E-state index in [1.807, 2.05) is 23.1 Å². The van der Waals surface area contributed by atoms with E-state index >= 15 is 0 Å². The van der Waals surface area contributed by atoms with Crippen LogP contribution in [0.3, 0.4) is 0 Å². The Morgan fingerprint density at radius 1 is 1.10 bits per heavy atom. The van der Waals surface area contributed by atoms with Gasteiger partial charge < -0.3 is 19.8 Å². The molecule has 160 valence electrons. The first-order chi connectivity index (χ1) is 13.9. The van der Waals surface area contributed by atoms with Gasteiger partial charge in [0.2, 0.25) is 0 Å². The number of nitrogens with zero attached hydrogens (tertiary/aromatic N) is 2. The zero-order valence-electron chi connectivity index (χ0n) is 16.9. The first-order valence-electron chi connectivity index (χ1n) is 10.8. The molecule has 0 unspecified atom stereocenters. The number of amides is 1. The van der Waals surface area contributed by atoms with Gasteiger partial charge in [0.25, 0.3) is 5.91 Å². The highest BCUT2D eigenvalue weighted by Gasteiger charge is 2.40. The molecular formula is C21H32N3O4S+. The number of carbonyl (C=O) groups is 1. The van der Waals surface area contributed by atoms with Gasteiger partial charge in [-0.1, -0.05) is 25.0 Å². The van der Waals surface area contributed by atoms with E-state index in [2.05, 4.69) is 4.90 Å². The molecule has 0 spiro atoms. The maximum absolute atomic E-state index is 13.3. The Bertz CT molecular complexity index is 830. The van der Waals surface area contributed by atoms with Crippen LogP contribution < -0.4 is 9.80 Å². The first kappa shape index (κ1) is 20.5. The van der Waals surface area contributed by atoms with Gasteiger partial charge in [-0.2, -0.15) is 0 Å². The molecule has 29 heavy (non-hydrogen) atoms. The number of hydrogen-bond acceptors (Lipinski definition) is 5. The number of rotatable bonds is 5. The molecule has 3 aliphatic rings. The minimum atomic E-state index is -3.01. The normalized spacial score (nSPS) is 25.4. The molecule has 3 fully saturated rings. The van der Waals surface area contributed by atoms with E-state index in [-0.39, 0.29) is 29.5 Å². The summed E-state index contributed by atoms with van der Waals surface area (Å²) in [6.07, 6.45) is 4.83. The predicted octanol–water partition coefficient (Wildman–Crippen LogP) is 0.0554. The molecular weight excluding hydrogens is 390 g/mol. The van der Waals surface area contributed by atoms with Gasteiger partial charge in [-0.05, 0) is 31.4 Å². The molecule has 1 aliphatic carbocycles. The lowest BCUT2D eigenvalue weighted by molar-refractivity contribution is -0.892. The van der Waals surface area contributed by atoms with Crippen LogP contribution in [0.1, 0.15) is 32.1 Å². The largest absolute Gasteiger partial charge is 0.506 e. The Kier molecular flexibility index (Phi) is 6.01. The monoisotopic (exact) mass is 422 g/mol. The minimum absolute atomic E-state index is 0.116. The van der Waals surface area contributed by atoms with Crippen molar-refractivity contribution in [2.24, 2.45) is 0 Å². The van der Waals surface area contributed by atoms with Crippen LogP contribution in [0.25, 0.3) is 0 Å². The number of nitrogens with one attached hydrogen (secondary N) is 1. The number of piperazine rings is 1. The smallest absolute Gasteiger partial charge is 0.278 e. The highest BCUT2D eigenvalue weighted by Crippen LogP contribution is 2.29. The number of benzene rings is 1. The molecule has 0 radical (unpaired) electrons. The number of sulfone groups is 1. The summed E-state index contributed by atoms with van der Waals surface area (Å²) in [4.78, 5) is 18.6. The van der Waals surface area contributed by atoms with Crippen LogP contribution in [0.2, 0.25) is 0 Å². The molecule has 1 atom stereocenters. The first-order valence-corrected chi connectivity index (χ1v) is 12.6. The van der Waals surface area contributed by atoms with Crippen LogP contribution in [0.4, 0.5) is 5.69 Å². The molecule has 1 saturated carbocycles. The summed E-state index contributed by atoms with van der Waals surface area (Å²) in [5.74, 6) is 0.748. The third-order valence-electron chi connectivity index (χ3n) is 6.70. The third-order valence-corrected chi connectivity index (χ3v) is 8.45. The van der Waals surface area contributed by atoms with E-state index in [0.717, 1.165) is 57.5 Å². The summed E-state index contributed by atoms with van der Waals surface area (Å²) in [7, 11) is -3.01. The van der Waals surface area contributed by atoms with Crippen molar-refractivity contribution in [1.29, 1.82) is 0 Å². The van der Waals surface area contributed by atoms with Crippen LogP contribution in [-0.4, -0.2) is 80.6 Å². The number of quaternary nitrogens is 1. The number of aromatic hydroxyl groups is 1. The molecule has 2 heterocycles. The van der Waals surface area contributed by atoms with Crippen molar-refractivity contribution in [2.45, 2.75) is 44.2 Å². The van der Waals surface area contributed by atoms with E-state index in [1.165, 1.54) is 4.90 Å². The molecule has 2 N–H and O–H groups in total. The Balaban J connectivity index is 1.37. The number of hydrogen-bond donors (Lipinski definition) is 2. The van der Waals surface area contributed by atoms with Gasteiger partial charge in [0.15, 0.2) is 16.4 Å². The fraction of sp³-hybridized carbons (Fsp3) is 0.667. The summed E-state index contributed by atoms with van der Waals surface area (Å²) in [6.45, 7) is 3.69. The fourth-order valence-electron chi connectivity index (χ4n) is 5.16. The van der Waals surface area contributed by atoms with Gasteiger partial charge in [0, 0.05) is 12.1 Å². The average Bonchev–Trinajstić information content (AvgIpc) is 3.33. The van der Waals surface area contributed by atoms with Crippen LogP contribution in [-0.2, 0) is 14.6 Å². The summed E-state index contributed by atoms with van der Waals surface area (Å²) in [5.41, 5.74) is 0.849. The zero-order chi connectivity index (χ0) is 20.4. The molecule has 8 heteroatoms. The van der Waals surface area contributed by atoms with Crippen molar-refractivity contribution in [3.63, 3.8) is 0 Å². The van der Waals surface area contributed by atoms with Crippen molar-refractivity contribution in [3.05, 3.63) is 24.3 Å². The van der Waals surface area contributed by atoms with Gasteiger partial charge in [-0.25, -0.2) is 8.42 Å². The van der Waals surface area contributed by atoms with Crippen molar-refractivity contribution in [3.8, 4) is 5.75 Å². The van der Waals surface area contributed by atoms with Crippen LogP contribution >= 0.6 is 0 Å². The van der Waals surface area contributed by atoms with Crippen molar-refractivity contribution in [1.82, 2.24) is 4.90 Å². The predicted molar refractivity (Wildman–Crippen MR) is 112 cm³/mol.